The minimum atomic E-state index is -4.49. The summed E-state index contributed by atoms with van der Waals surface area (Å²) in [7, 11) is 0. The second-order valence-electron chi connectivity index (χ2n) is 3.21. The highest BCUT2D eigenvalue weighted by Gasteiger charge is 2.36. The number of nitrogens with zero attached hydrogens (tertiary/aromatic N) is 2. The fourth-order valence-electron chi connectivity index (χ4n) is 1.32. The van der Waals surface area contributed by atoms with E-state index in [1.54, 1.807) is 0 Å². The number of aromatic nitrogens is 2. The van der Waals surface area contributed by atoms with Crippen LogP contribution in [0.1, 0.15) is 11.3 Å². The van der Waals surface area contributed by atoms with E-state index in [9.17, 15) is 13.2 Å². The second-order valence-corrected chi connectivity index (χ2v) is 4.69. The molecule has 17 heavy (non-hydrogen) atoms. The molecule has 92 valence electrons. The van der Waals surface area contributed by atoms with Crippen LogP contribution in [0.2, 0.25) is 5.28 Å². The third-order valence-corrected chi connectivity index (χ3v) is 3.25. The molecule has 2 rings (SSSR count). The van der Waals surface area contributed by atoms with Crippen molar-refractivity contribution in [1.82, 2.24) is 15.3 Å². The highest BCUT2D eigenvalue weighted by molar-refractivity contribution is 8.08. The molecule has 0 spiro atoms. The van der Waals surface area contributed by atoms with Crippen LogP contribution in [-0.4, -0.2) is 22.3 Å². The SMILES string of the molecule is FC(F)(F)c1cnc(Cl)nc1C1=CNCCS1. The molecule has 3 nitrogen and oxygen atoms in total. The van der Waals surface area contributed by atoms with E-state index < -0.39 is 11.7 Å². The molecule has 0 aromatic carbocycles. The van der Waals surface area contributed by atoms with Gasteiger partial charge < -0.3 is 5.32 Å². The molecule has 8 heteroatoms. The van der Waals surface area contributed by atoms with Gasteiger partial charge in [0.2, 0.25) is 5.28 Å². The maximum absolute atomic E-state index is 12.8. The molecular weight excluding hydrogens is 275 g/mol. The van der Waals surface area contributed by atoms with Crippen LogP contribution in [0.15, 0.2) is 12.4 Å². The van der Waals surface area contributed by atoms with E-state index in [4.69, 9.17) is 11.6 Å². The van der Waals surface area contributed by atoms with E-state index in [1.165, 1.54) is 18.0 Å². The molecule has 0 unspecified atom stereocenters. The van der Waals surface area contributed by atoms with Gasteiger partial charge in [0.1, 0.15) is 5.56 Å². The van der Waals surface area contributed by atoms with Crippen LogP contribution in [0.25, 0.3) is 4.91 Å². The molecule has 0 radical (unpaired) electrons. The zero-order valence-corrected chi connectivity index (χ0v) is 9.96. The third-order valence-electron chi connectivity index (χ3n) is 2.04. The van der Waals surface area contributed by atoms with Crippen LogP contribution in [0, 0.1) is 0 Å². The van der Waals surface area contributed by atoms with E-state index in [2.05, 4.69) is 15.3 Å². The standard InChI is InChI=1S/C9H7ClF3N3S/c10-8-15-3-5(9(11,12)13)7(16-8)6-4-14-1-2-17-6/h3-4,14H,1-2H2. The van der Waals surface area contributed by atoms with Crippen LogP contribution in [-0.2, 0) is 6.18 Å². The number of hydrogen-bond acceptors (Lipinski definition) is 4. The Morgan fingerprint density at radius 1 is 1.41 bits per heavy atom. The molecule has 1 aromatic heterocycles. The number of thioether (sulfide) groups is 1. The van der Waals surface area contributed by atoms with Gasteiger partial charge in [-0.15, -0.1) is 11.8 Å². The average Bonchev–Trinajstić information content (AvgIpc) is 2.28. The summed E-state index contributed by atoms with van der Waals surface area (Å²) < 4.78 is 38.3. The van der Waals surface area contributed by atoms with Crippen molar-refractivity contribution in [3.63, 3.8) is 0 Å². The van der Waals surface area contributed by atoms with Crippen molar-refractivity contribution >= 4 is 28.3 Å². The van der Waals surface area contributed by atoms with Gasteiger partial charge >= 0.3 is 6.18 Å². The first-order valence-electron chi connectivity index (χ1n) is 4.65. The van der Waals surface area contributed by atoms with Crippen LogP contribution >= 0.6 is 23.4 Å². The highest BCUT2D eigenvalue weighted by Crippen LogP contribution is 2.37. The van der Waals surface area contributed by atoms with Crippen molar-refractivity contribution in [2.24, 2.45) is 0 Å². The van der Waals surface area contributed by atoms with Crippen LogP contribution < -0.4 is 5.32 Å². The van der Waals surface area contributed by atoms with Gasteiger partial charge in [-0.05, 0) is 11.6 Å². The molecule has 0 amide bonds. The van der Waals surface area contributed by atoms with Crippen molar-refractivity contribution < 1.29 is 13.2 Å². The summed E-state index contributed by atoms with van der Waals surface area (Å²) in [6, 6.07) is 0. The molecule has 0 saturated heterocycles. The summed E-state index contributed by atoms with van der Waals surface area (Å²) in [5.41, 5.74) is -1.04. The Bertz CT molecular complexity index is 461. The number of hydrogen-bond donors (Lipinski definition) is 1. The third kappa shape index (κ3) is 2.84. The first kappa shape index (κ1) is 12.5. The summed E-state index contributed by atoms with van der Waals surface area (Å²) in [5, 5.41) is 2.68. The molecule has 0 saturated carbocycles. The highest BCUT2D eigenvalue weighted by atomic mass is 35.5. The summed E-state index contributed by atoms with van der Waals surface area (Å²) in [6.07, 6.45) is -2.26. The quantitative estimate of drug-likeness (QED) is 0.803. The Morgan fingerprint density at radius 2 is 2.18 bits per heavy atom. The normalized spacial score (nSPS) is 16.4. The van der Waals surface area contributed by atoms with E-state index in [1.807, 2.05) is 0 Å². The second kappa shape index (κ2) is 4.73. The van der Waals surface area contributed by atoms with Gasteiger partial charge in [0.05, 0.1) is 5.69 Å². The Hall–Kier alpha value is -0.950. The van der Waals surface area contributed by atoms with Crippen molar-refractivity contribution in [1.29, 1.82) is 0 Å². The van der Waals surface area contributed by atoms with Gasteiger partial charge in [0.15, 0.2) is 0 Å². The van der Waals surface area contributed by atoms with E-state index >= 15 is 0 Å². The Labute approximate surface area is 104 Å². The average molecular weight is 282 g/mol. The Kier molecular flexibility index (Phi) is 3.48. The monoisotopic (exact) mass is 281 g/mol. The minimum absolute atomic E-state index is 0.172. The van der Waals surface area contributed by atoms with Gasteiger partial charge in [-0.25, -0.2) is 9.97 Å². The van der Waals surface area contributed by atoms with Gasteiger partial charge in [0.25, 0.3) is 0 Å². The van der Waals surface area contributed by atoms with E-state index in [-0.39, 0.29) is 11.0 Å². The fourth-order valence-corrected chi connectivity index (χ4v) is 2.35. The van der Waals surface area contributed by atoms with Crippen molar-refractivity contribution in [3.05, 3.63) is 28.9 Å². The lowest BCUT2D eigenvalue weighted by molar-refractivity contribution is -0.138. The predicted molar refractivity (Wildman–Crippen MR) is 60.5 cm³/mol. The molecule has 1 aromatic rings. The number of rotatable bonds is 1. The van der Waals surface area contributed by atoms with Crippen molar-refractivity contribution in [3.8, 4) is 0 Å². The lowest BCUT2D eigenvalue weighted by atomic mass is 10.2. The molecule has 0 bridgehead atoms. The van der Waals surface area contributed by atoms with Crippen LogP contribution in [0.5, 0.6) is 0 Å². The van der Waals surface area contributed by atoms with E-state index in [0.29, 0.717) is 23.4 Å². The Morgan fingerprint density at radius 3 is 2.76 bits per heavy atom. The zero-order valence-electron chi connectivity index (χ0n) is 8.38. The smallest absolute Gasteiger partial charge is 0.389 e. The van der Waals surface area contributed by atoms with Crippen molar-refractivity contribution in [2.75, 3.05) is 12.3 Å². The summed E-state index contributed by atoms with van der Waals surface area (Å²) in [4.78, 5) is 7.47. The molecular formula is C9H7ClF3N3S. The summed E-state index contributed by atoms with van der Waals surface area (Å²) >= 11 is 6.84. The lowest BCUT2D eigenvalue weighted by Crippen LogP contribution is -2.17. The number of alkyl halides is 3. The summed E-state index contributed by atoms with van der Waals surface area (Å²) in [5.74, 6) is 0.685. The van der Waals surface area contributed by atoms with Gasteiger partial charge in [-0.1, -0.05) is 0 Å². The first-order chi connectivity index (χ1) is 7.98. The Balaban J connectivity index is 2.50. The van der Waals surface area contributed by atoms with E-state index in [0.717, 1.165) is 0 Å². The predicted octanol–water partition coefficient (Wildman–Crippen LogP) is 2.78. The zero-order chi connectivity index (χ0) is 12.5. The fraction of sp³-hybridized carbons (Fsp3) is 0.333. The minimum Gasteiger partial charge on any atom is -0.389 e. The molecule has 0 aliphatic carbocycles. The maximum Gasteiger partial charge on any atom is 0.420 e. The molecule has 1 N–H and O–H groups in total. The van der Waals surface area contributed by atoms with Gasteiger partial charge in [-0.3, -0.25) is 0 Å². The molecule has 1 aliphatic heterocycles. The maximum atomic E-state index is 12.8. The molecule has 0 fully saturated rings. The van der Waals surface area contributed by atoms with Crippen molar-refractivity contribution in [2.45, 2.75) is 6.18 Å². The number of halogens is 4. The van der Waals surface area contributed by atoms with Crippen LogP contribution in [0.4, 0.5) is 13.2 Å². The molecule has 0 atom stereocenters. The van der Waals surface area contributed by atoms with Gasteiger partial charge in [0, 0.05) is 29.6 Å². The lowest BCUT2D eigenvalue weighted by Gasteiger charge is -2.17. The number of nitrogens with one attached hydrogen (secondary N) is 1. The molecule has 1 aliphatic rings. The summed E-state index contributed by atoms with van der Waals surface area (Å²) in [6.45, 7) is 0.717. The van der Waals surface area contributed by atoms with Crippen LogP contribution in [0.3, 0.4) is 0 Å². The topological polar surface area (TPSA) is 37.8 Å². The first-order valence-corrected chi connectivity index (χ1v) is 6.01. The largest absolute Gasteiger partial charge is 0.420 e. The molecule has 2 heterocycles. The van der Waals surface area contributed by atoms with Gasteiger partial charge in [-0.2, -0.15) is 13.2 Å².